The summed E-state index contributed by atoms with van der Waals surface area (Å²) in [5.41, 5.74) is 0. The summed E-state index contributed by atoms with van der Waals surface area (Å²) in [6, 6.07) is 0. The quantitative estimate of drug-likeness (QED) is 0.219. The van der Waals surface area contributed by atoms with Gasteiger partial charge in [0.25, 0.3) is 0 Å². The predicted octanol–water partition coefficient (Wildman–Crippen LogP) is 7.30. The molecule has 0 saturated heterocycles. The summed E-state index contributed by atoms with van der Waals surface area (Å²) in [5, 5.41) is 0.376. The van der Waals surface area contributed by atoms with E-state index in [1.807, 2.05) is 0 Å². The van der Waals surface area contributed by atoms with Crippen molar-refractivity contribution in [3.8, 4) is 0 Å². The average Bonchev–Trinajstić information content (AvgIpc) is 2.40. The van der Waals surface area contributed by atoms with Gasteiger partial charge in [-0.15, -0.1) is 11.6 Å². The summed E-state index contributed by atoms with van der Waals surface area (Å²) in [5.74, 6) is 0. The van der Waals surface area contributed by atoms with E-state index in [4.69, 9.17) is 11.6 Å². The van der Waals surface area contributed by atoms with Gasteiger partial charge in [0, 0.05) is 5.38 Å². The fourth-order valence-electron chi connectivity index (χ4n) is 2.57. The zero-order valence-electron chi connectivity index (χ0n) is 13.3. The molecule has 115 valence electrons. The third-order valence-electron chi connectivity index (χ3n) is 3.89. The summed E-state index contributed by atoms with van der Waals surface area (Å²) in [4.78, 5) is 0. The van der Waals surface area contributed by atoms with Crippen LogP contribution in [0.4, 0.5) is 0 Å². The molecule has 0 fully saturated rings. The van der Waals surface area contributed by atoms with Crippen LogP contribution in [0.15, 0.2) is 0 Å². The lowest BCUT2D eigenvalue weighted by atomic mass is 10.0. The summed E-state index contributed by atoms with van der Waals surface area (Å²) >= 11 is 6.17. The van der Waals surface area contributed by atoms with Crippen LogP contribution < -0.4 is 0 Å². The Hall–Kier alpha value is 0.290. The Morgan fingerprint density at radius 3 is 1.53 bits per heavy atom. The van der Waals surface area contributed by atoms with Crippen LogP contribution in [0.25, 0.3) is 0 Å². The van der Waals surface area contributed by atoms with E-state index in [1.165, 1.54) is 83.5 Å². The summed E-state index contributed by atoms with van der Waals surface area (Å²) in [7, 11) is 0. The molecular weight excluding hydrogens is 252 g/mol. The fraction of sp³-hybridized carbons (Fsp3) is 0.944. The first-order chi connectivity index (χ1) is 9.31. The molecule has 0 aromatic rings. The minimum atomic E-state index is 0.376. The van der Waals surface area contributed by atoms with Crippen LogP contribution in [0.5, 0.6) is 0 Å². The van der Waals surface area contributed by atoms with Gasteiger partial charge in [-0.1, -0.05) is 97.3 Å². The monoisotopic (exact) mass is 287 g/mol. The maximum absolute atomic E-state index is 6.17. The second-order valence-corrected chi connectivity index (χ2v) is 6.53. The van der Waals surface area contributed by atoms with E-state index in [1.54, 1.807) is 0 Å². The molecule has 19 heavy (non-hydrogen) atoms. The van der Waals surface area contributed by atoms with Crippen molar-refractivity contribution in [2.24, 2.45) is 0 Å². The minimum Gasteiger partial charge on any atom is -0.123 e. The van der Waals surface area contributed by atoms with Gasteiger partial charge < -0.3 is 0 Å². The Labute approximate surface area is 127 Å². The van der Waals surface area contributed by atoms with Crippen LogP contribution in [0, 0.1) is 6.92 Å². The lowest BCUT2D eigenvalue weighted by molar-refractivity contribution is 0.534. The maximum Gasteiger partial charge on any atom is 0.0336 e. The standard InChI is InChI=1S/C18H36Cl/c1-3-5-6-7-8-9-10-11-12-13-14-15-17-18(19)16-4-2/h18H,2-17H2,1H3. The van der Waals surface area contributed by atoms with Gasteiger partial charge in [-0.3, -0.25) is 0 Å². The molecule has 0 aromatic carbocycles. The van der Waals surface area contributed by atoms with Crippen molar-refractivity contribution in [2.75, 3.05) is 0 Å². The smallest absolute Gasteiger partial charge is 0.0336 e. The summed E-state index contributed by atoms with van der Waals surface area (Å²) in [6.07, 6.45) is 20.3. The zero-order valence-corrected chi connectivity index (χ0v) is 14.0. The molecule has 1 heteroatoms. The molecule has 0 aliphatic rings. The lowest BCUT2D eigenvalue weighted by Gasteiger charge is -2.07. The van der Waals surface area contributed by atoms with Crippen LogP contribution in [-0.2, 0) is 0 Å². The van der Waals surface area contributed by atoms with Crippen molar-refractivity contribution in [2.45, 2.75) is 109 Å². The highest BCUT2D eigenvalue weighted by atomic mass is 35.5. The third kappa shape index (κ3) is 16.2. The van der Waals surface area contributed by atoms with E-state index >= 15 is 0 Å². The van der Waals surface area contributed by atoms with Crippen LogP contribution in [0.2, 0.25) is 0 Å². The van der Waals surface area contributed by atoms with E-state index in [-0.39, 0.29) is 0 Å². The molecule has 0 rings (SSSR count). The van der Waals surface area contributed by atoms with E-state index in [0.717, 1.165) is 12.8 Å². The van der Waals surface area contributed by atoms with Crippen LogP contribution in [0.1, 0.15) is 103 Å². The topological polar surface area (TPSA) is 0 Å². The lowest BCUT2D eigenvalue weighted by Crippen LogP contribution is -1.97. The number of hydrogen-bond donors (Lipinski definition) is 0. The number of hydrogen-bond acceptors (Lipinski definition) is 0. The Kier molecular flexibility index (Phi) is 16.6. The molecule has 0 aromatic heterocycles. The van der Waals surface area contributed by atoms with E-state index in [0.29, 0.717) is 5.38 Å². The second-order valence-electron chi connectivity index (χ2n) is 5.92. The molecular formula is C18H36Cl. The normalized spacial score (nSPS) is 12.8. The number of rotatable bonds is 15. The predicted molar refractivity (Wildman–Crippen MR) is 89.9 cm³/mol. The van der Waals surface area contributed by atoms with Crippen molar-refractivity contribution >= 4 is 11.6 Å². The summed E-state index contributed by atoms with van der Waals surface area (Å²) < 4.78 is 0. The van der Waals surface area contributed by atoms with Gasteiger partial charge in [-0.05, 0) is 12.8 Å². The highest BCUT2D eigenvalue weighted by molar-refractivity contribution is 6.20. The fourth-order valence-corrected chi connectivity index (χ4v) is 2.88. The van der Waals surface area contributed by atoms with Gasteiger partial charge in [0.15, 0.2) is 0 Å². The molecule has 1 radical (unpaired) electrons. The van der Waals surface area contributed by atoms with Crippen molar-refractivity contribution in [1.29, 1.82) is 0 Å². The summed E-state index contributed by atoms with van der Waals surface area (Å²) in [6.45, 7) is 6.13. The molecule has 0 saturated carbocycles. The van der Waals surface area contributed by atoms with Crippen LogP contribution in [-0.4, -0.2) is 5.38 Å². The Bertz CT molecular complexity index is 156. The van der Waals surface area contributed by atoms with E-state index in [2.05, 4.69) is 13.8 Å². The number of halogens is 1. The highest BCUT2D eigenvalue weighted by Gasteiger charge is 2.02. The van der Waals surface area contributed by atoms with Gasteiger partial charge in [0.2, 0.25) is 0 Å². The van der Waals surface area contributed by atoms with Gasteiger partial charge >= 0.3 is 0 Å². The van der Waals surface area contributed by atoms with E-state index in [9.17, 15) is 0 Å². The maximum atomic E-state index is 6.17. The van der Waals surface area contributed by atoms with Gasteiger partial charge in [0.1, 0.15) is 0 Å². The van der Waals surface area contributed by atoms with Gasteiger partial charge in [-0.2, -0.15) is 0 Å². The third-order valence-corrected chi connectivity index (χ3v) is 4.32. The van der Waals surface area contributed by atoms with Crippen molar-refractivity contribution in [3.05, 3.63) is 6.92 Å². The molecule has 0 spiro atoms. The minimum absolute atomic E-state index is 0.376. The number of unbranched alkanes of at least 4 members (excludes halogenated alkanes) is 11. The molecule has 0 N–H and O–H groups in total. The zero-order chi connectivity index (χ0) is 14.2. The molecule has 0 amide bonds. The average molecular weight is 288 g/mol. The second kappa shape index (κ2) is 16.3. The first-order valence-corrected chi connectivity index (χ1v) is 9.18. The van der Waals surface area contributed by atoms with E-state index < -0.39 is 0 Å². The van der Waals surface area contributed by atoms with Crippen molar-refractivity contribution in [3.63, 3.8) is 0 Å². The molecule has 0 nitrogen and oxygen atoms in total. The largest absolute Gasteiger partial charge is 0.123 e. The Morgan fingerprint density at radius 2 is 1.11 bits per heavy atom. The molecule has 0 aliphatic carbocycles. The number of alkyl halides is 1. The van der Waals surface area contributed by atoms with Crippen molar-refractivity contribution in [1.82, 2.24) is 0 Å². The van der Waals surface area contributed by atoms with Crippen molar-refractivity contribution < 1.29 is 0 Å². The Morgan fingerprint density at radius 1 is 0.684 bits per heavy atom. The molecule has 0 bridgehead atoms. The molecule has 0 aliphatic heterocycles. The highest BCUT2D eigenvalue weighted by Crippen LogP contribution is 2.16. The molecule has 1 atom stereocenters. The van der Waals surface area contributed by atoms with Gasteiger partial charge in [-0.25, -0.2) is 0 Å². The first kappa shape index (κ1) is 19.3. The Balaban J connectivity index is 2.99. The SMILES string of the molecule is [CH2]CCC(Cl)CCCCCCCCCCCCCC. The van der Waals surface area contributed by atoms with Crippen LogP contribution >= 0.6 is 11.6 Å². The van der Waals surface area contributed by atoms with Gasteiger partial charge in [0.05, 0.1) is 0 Å². The first-order valence-electron chi connectivity index (χ1n) is 8.74. The van der Waals surface area contributed by atoms with Crippen LogP contribution in [0.3, 0.4) is 0 Å². The molecule has 1 unspecified atom stereocenters. The molecule has 0 heterocycles.